The second-order valence-electron chi connectivity index (χ2n) is 6.36. The molecule has 6 nitrogen and oxygen atoms in total. The molecular formula is C22H15FO6S. The van der Waals surface area contributed by atoms with Crippen LogP contribution in [0.5, 0.6) is 17.2 Å². The zero-order valence-electron chi connectivity index (χ0n) is 15.7. The Morgan fingerprint density at radius 1 is 0.933 bits per heavy atom. The maximum Gasteiger partial charge on any atom is 0.339 e. The fourth-order valence-corrected chi connectivity index (χ4v) is 3.77. The van der Waals surface area contributed by atoms with E-state index in [4.69, 9.17) is 13.7 Å². The molecule has 3 aromatic rings. The lowest BCUT2D eigenvalue weighted by molar-refractivity contribution is 0.101. The van der Waals surface area contributed by atoms with Crippen molar-refractivity contribution < 1.29 is 31.3 Å². The Bertz CT molecular complexity index is 1250. The summed E-state index contributed by atoms with van der Waals surface area (Å²) in [6, 6.07) is 15.4. The molecule has 1 heterocycles. The summed E-state index contributed by atoms with van der Waals surface area (Å²) in [7, 11) is -2.60. The van der Waals surface area contributed by atoms with E-state index in [0.29, 0.717) is 11.3 Å². The lowest BCUT2D eigenvalue weighted by atomic mass is 10.1. The molecule has 0 amide bonds. The minimum Gasteiger partial charge on any atom is -0.497 e. The highest BCUT2D eigenvalue weighted by atomic mass is 32.2. The number of carbonyl (C=O) groups is 1. The van der Waals surface area contributed by atoms with Crippen LogP contribution in [0.4, 0.5) is 4.39 Å². The molecule has 1 aliphatic heterocycles. The van der Waals surface area contributed by atoms with Gasteiger partial charge in [0.2, 0.25) is 5.78 Å². The van der Waals surface area contributed by atoms with Gasteiger partial charge in [0, 0.05) is 6.07 Å². The van der Waals surface area contributed by atoms with Crippen LogP contribution in [0.1, 0.15) is 15.9 Å². The number of halogens is 1. The van der Waals surface area contributed by atoms with Crippen LogP contribution in [0.15, 0.2) is 77.4 Å². The summed E-state index contributed by atoms with van der Waals surface area (Å²) < 4.78 is 53.6. The molecule has 0 atom stereocenters. The molecule has 30 heavy (non-hydrogen) atoms. The Morgan fingerprint density at radius 3 is 2.27 bits per heavy atom. The highest BCUT2D eigenvalue weighted by Gasteiger charge is 2.28. The second kappa shape index (κ2) is 7.64. The second-order valence-corrected chi connectivity index (χ2v) is 7.91. The first-order valence-electron chi connectivity index (χ1n) is 8.78. The molecule has 0 saturated carbocycles. The summed E-state index contributed by atoms with van der Waals surface area (Å²) >= 11 is 0. The molecule has 0 fully saturated rings. The number of hydrogen-bond donors (Lipinski definition) is 0. The third-order valence-electron chi connectivity index (χ3n) is 4.36. The van der Waals surface area contributed by atoms with Crippen LogP contribution < -0.4 is 13.7 Å². The molecule has 0 bridgehead atoms. The highest BCUT2D eigenvalue weighted by molar-refractivity contribution is 7.87. The van der Waals surface area contributed by atoms with Crippen molar-refractivity contribution in [3.8, 4) is 17.2 Å². The van der Waals surface area contributed by atoms with Crippen molar-refractivity contribution in [2.75, 3.05) is 7.11 Å². The molecule has 4 rings (SSSR count). The van der Waals surface area contributed by atoms with E-state index in [1.165, 1.54) is 18.2 Å². The number of carbonyl (C=O) groups excluding carboxylic acids is 1. The summed E-state index contributed by atoms with van der Waals surface area (Å²) in [6.45, 7) is 0. The molecule has 0 N–H and O–H groups in total. The topological polar surface area (TPSA) is 78.9 Å². The predicted octanol–water partition coefficient (Wildman–Crippen LogP) is 4.22. The van der Waals surface area contributed by atoms with Crippen LogP contribution in [0, 0.1) is 5.82 Å². The number of ether oxygens (including phenoxy) is 2. The van der Waals surface area contributed by atoms with Gasteiger partial charge in [-0.1, -0.05) is 12.1 Å². The number of allylic oxidation sites excluding steroid dienone is 1. The molecule has 1 aliphatic rings. The van der Waals surface area contributed by atoms with Crippen molar-refractivity contribution in [3.63, 3.8) is 0 Å². The van der Waals surface area contributed by atoms with Crippen LogP contribution in [0.25, 0.3) is 6.08 Å². The number of Topliss-reactive ketones (excluding diaryl/α,β-unsaturated/α-hetero) is 1. The maximum absolute atomic E-state index is 13.0. The lowest BCUT2D eigenvalue weighted by Gasteiger charge is -2.08. The van der Waals surface area contributed by atoms with E-state index >= 15 is 0 Å². The van der Waals surface area contributed by atoms with Crippen molar-refractivity contribution in [3.05, 3.63) is 89.4 Å². The van der Waals surface area contributed by atoms with E-state index in [1.54, 1.807) is 37.5 Å². The average molecular weight is 426 g/mol. The van der Waals surface area contributed by atoms with E-state index in [2.05, 4.69) is 0 Å². The zero-order chi connectivity index (χ0) is 21.3. The van der Waals surface area contributed by atoms with Gasteiger partial charge in [-0.25, -0.2) is 4.39 Å². The van der Waals surface area contributed by atoms with Gasteiger partial charge in [0.25, 0.3) is 0 Å². The SMILES string of the molecule is COc1ccc(C=C2Oc3cc(OS(=O)(=O)c4ccc(F)cc4)ccc3C2=O)cc1. The fourth-order valence-electron chi connectivity index (χ4n) is 2.85. The largest absolute Gasteiger partial charge is 0.497 e. The number of hydrogen-bond acceptors (Lipinski definition) is 6. The van der Waals surface area contributed by atoms with E-state index in [-0.39, 0.29) is 27.9 Å². The average Bonchev–Trinajstić information content (AvgIpc) is 3.03. The van der Waals surface area contributed by atoms with Gasteiger partial charge in [-0.3, -0.25) is 4.79 Å². The summed E-state index contributed by atoms with van der Waals surface area (Å²) in [4.78, 5) is 12.4. The summed E-state index contributed by atoms with van der Waals surface area (Å²) in [5.74, 6) is 0.0587. The summed E-state index contributed by atoms with van der Waals surface area (Å²) in [5.41, 5.74) is 1.03. The minimum absolute atomic E-state index is 0.0310. The van der Waals surface area contributed by atoms with Gasteiger partial charge in [0.05, 0.1) is 12.7 Å². The van der Waals surface area contributed by atoms with Crippen molar-refractivity contribution in [1.82, 2.24) is 0 Å². The summed E-state index contributed by atoms with van der Waals surface area (Å²) in [6.07, 6.45) is 1.58. The Balaban J connectivity index is 1.57. The van der Waals surface area contributed by atoms with Crippen molar-refractivity contribution in [2.45, 2.75) is 4.90 Å². The first-order chi connectivity index (χ1) is 14.4. The molecular weight excluding hydrogens is 411 g/mol. The molecule has 0 unspecified atom stereocenters. The molecule has 0 radical (unpaired) electrons. The molecule has 3 aromatic carbocycles. The van der Waals surface area contributed by atoms with Crippen molar-refractivity contribution >= 4 is 22.0 Å². The minimum atomic E-state index is -4.16. The Kier molecular flexibility index (Phi) is 5.01. The monoisotopic (exact) mass is 426 g/mol. The predicted molar refractivity (Wildman–Crippen MR) is 107 cm³/mol. The van der Waals surface area contributed by atoms with Crippen molar-refractivity contribution in [2.24, 2.45) is 0 Å². The number of ketones is 1. The standard InChI is InChI=1S/C22H15FO6S/c1-27-16-6-2-14(3-7-16)12-21-22(24)19-11-8-17(13-20(19)28-21)29-30(25,26)18-9-4-15(23)5-10-18/h2-13H,1H3. The Morgan fingerprint density at radius 2 is 1.60 bits per heavy atom. The Labute approximate surface area is 172 Å². The number of fused-ring (bicyclic) bond motifs is 1. The summed E-state index contributed by atoms with van der Waals surface area (Å²) in [5, 5.41) is 0. The molecule has 8 heteroatoms. The van der Waals surface area contributed by atoms with E-state index in [0.717, 1.165) is 29.8 Å². The third kappa shape index (κ3) is 3.90. The molecule has 0 aromatic heterocycles. The van der Waals surface area contributed by atoms with Crippen LogP contribution >= 0.6 is 0 Å². The van der Waals surface area contributed by atoms with Gasteiger partial charge in [-0.2, -0.15) is 8.42 Å². The number of methoxy groups -OCH3 is 1. The van der Waals surface area contributed by atoms with E-state index in [9.17, 15) is 17.6 Å². The smallest absolute Gasteiger partial charge is 0.339 e. The first kappa shape index (κ1) is 19.7. The molecule has 0 aliphatic carbocycles. The normalized spacial score (nSPS) is 14.3. The highest BCUT2D eigenvalue weighted by Crippen LogP contribution is 2.35. The van der Waals surface area contributed by atoms with E-state index < -0.39 is 15.9 Å². The van der Waals surface area contributed by atoms with Gasteiger partial charge in [0.1, 0.15) is 28.0 Å². The van der Waals surface area contributed by atoms with Gasteiger partial charge in [0.15, 0.2) is 5.76 Å². The van der Waals surface area contributed by atoms with Crippen LogP contribution in [0.2, 0.25) is 0 Å². The van der Waals surface area contributed by atoms with Gasteiger partial charge in [-0.05, 0) is 60.2 Å². The van der Waals surface area contributed by atoms with Crippen LogP contribution in [-0.4, -0.2) is 21.3 Å². The maximum atomic E-state index is 13.0. The van der Waals surface area contributed by atoms with Gasteiger partial charge >= 0.3 is 10.1 Å². The molecule has 152 valence electrons. The van der Waals surface area contributed by atoms with E-state index in [1.807, 2.05) is 0 Å². The third-order valence-corrected chi connectivity index (χ3v) is 5.62. The quantitative estimate of drug-likeness (QED) is 0.449. The fraction of sp³-hybridized carbons (Fsp3) is 0.0455. The van der Waals surface area contributed by atoms with Crippen LogP contribution in [0.3, 0.4) is 0 Å². The number of rotatable bonds is 5. The zero-order valence-corrected chi connectivity index (χ0v) is 16.5. The lowest BCUT2D eigenvalue weighted by Crippen LogP contribution is -2.09. The molecule has 0 saturated heterocycles. The first-order valence-corrected chi connectivity index (χ1v) is 10.2. The van der Waals surface area contributed by atoms with Gasteiger partial charge < -0.3 is 13.7 Å². The molecule has 0 spiro atoms. The van der Waals surface area contributed by atoms with Crippen LogP contribution in [-0.2, 0) is 10.1 Å². The number of benzene rings is 3. The Hall–Kier alpha value is -3.65. The van der Waals surface area contributed by atoms with Crippen molar-refractivity contribution in [1.29, 1.82) is 0 Å². The van der Waals surface area contributed by atoms with Gasteiger partial charge in [-0.15, -0.1) is 0 Å².